The fourth-order valence-corrected chi connectivity index (χ4v) is 8.36. The van der Waals surface area contributed by atoms with Crippen LogP contribution in [-0.4, -0.2) is 48.2 Å². The number of nitrogens with zero attached hydrogens (tertiary/aromatic N) is 1. The zero-order chi connectivity index (χ0) is 38.2. The van der Waals surface area contributed by atoms with E-state index >= 15 is 0 Å². The highest BCUT2D eigenvalue weighted by molar-refractivity contribution is 8.00. The fourth-order valence-electron chi connectivity index (χ4n) is 5.83. The summed E-state index contributed by atoms with van der Waals surface area (Å²) >= 11 is 8.92. The van der Waals surface area contributed by atoms with Crippen molar-refractivity contribution < 1.29 is 28.7 Å². The third-order valence-electron chi connectivity index (χ3n) is 8.55. The molecule has 6 rings (SSSR count). The summed E-state index contributed by atoms with van der Waals surface area (Å²) in [6, 6.07) is 31.7. The highest BCUT2D eigenvalue weighted by Gasteiger charge is 2.32. The van der Waals surface area contributed by atoms with Crippen molar-refractivity contribution in [3.8, 4) is 0 Å². The van der Waals surface area contributed by atoms with Gasteiger partial charge in [0, 0.05) is 39.5 Å². The summed E-state index contributed by atoms with van der Waals surface area (Å²) in [5, 5.41) is 8.58. The Labute approximate surface area is 325 Å². The van der Waals surface area contributed by atoms with Gasteiger partial charge in [0.25, 0.3) is 11.8 Å². The third kappa shape index (κ3) is 9.08. The third-order valence-corrected chi connectivity index (χ3v) is 11.3. The van der Waals surface area contributed by atoms with E-state index in [1.54, 1.807) is 77.7 Å². The number of ether oxygens (including phenoxy) is 1. The molecule has 0 saturated heterocycles. The average molecular weight is 779 g/mol. The van der Waals surface area contributed by atoms with Crippen LogP contribution in [0.1, 0.15) is 54.5 Å². The topological polar surface area (TPSA) is 134 Å². The smallest absolute Gasteiger partial charge is 0.341 e. The minimum Gasteiger partial charge on any atom is -0.465 e. The van der Waals surface area contributed by atoms with Gasteiger partial charge in [-0.05, 0) is 65.6 Å². The molecule has 2 heterocycles. The maximum Gasteiger partial charge on any atom is 0.341 e. The second kappa shape index (κ2) is 17.4. The van der Waals surface area contributed by atoms with Crippen molar-refractivity contribution in [1.29, 1.82) is 0 Å². The van der Waals surface area contributed by atoms with Crippen molar-refractivity contribution in [2.45, 2.75) is 30.0 Å². The maximum atomic E-state index is 14.2. The van der Waals surface area contributed by atoms with Crippen molar-refractivity contribution in [3.63, 3.8) is 0 Å². The lowest BCUT2D eigenvalue weighted by Crippen LogP contribution is -2.33. The number of thioether (sulfide) groups is 1. The monoisotopic (exact) mass is 778 g/mol. The summed E-state index contributed by atoms with van der Waals surface area (Å²) in [5.74, 6) is -2.05. The second-order valence-electron chi connectivity index (χ2n) is 12.2. The number of rotatable bonds is 11. The highest BCUT2D eigenvalue weighted by atomic mass is 35.5. The zero-order valence-electron chi connectivity index (χ0n) is 29.3. The molecular weight excluding hydrogens is 744 g/mol. The molecule has 4 amide bonds. The van der Waals surface area contributed by atoms with Gasteiger partial charge in [0.15, 0.2) is 0 Å². The molecule has 1 aliphatic rings. The van der Waals surface area contributed by atoms with Crippen LogP contribution in [0.25, 0.3) is 6.08 Å². The van der Waals surface area contributed by atoms with Crippen LogP contribution >= 0.6 is 34.7 Å². The normalized spacial score (nSPS) is 12.9. The lowest BCUT2D eigenvalue weighted by molar-refractivity contribution is -0.129. The first kappa shape index (κ1) is 38.0. The summed E-state index contributed by atoms with van der Waals surface area (Å²) in [5.41, 5.74) is 3.10. The summed E-state index contributed by atoms with van der Waals surface area (Å²) in [4.78, 5) is 69.3. The first-order valence-corrected chi connectivity index (χ1v) is 18.9. The van der Waals surface area contributed by atoms with E-state index in [1.807, 2.05) is 36.4 Å². The minimum absolute atomic E-state index is 0.0250. The predicted octanol–water partition coefficient (Wildman–Crippen LogP) is 7.97. The quantitative estimate of drug-likeness (QED) is 0.0704. The molecule has 0 bridgehead atoms. The molecule has 1 atom stereocenters. The van der Waals surface area contributed by atoms with Crippen molar-refractivity contribution in [2.24, 2.45) is 0 Å². The van der Waals surface area contributed by atoms with E-state index in [1.165, 1.54) is 43.2 Å². The van der Waals surface area contributed by atoms with Gasteiger partial charge in [0.2, 0.25) is 11.8 Å². The first-order valence-electron chi connectivity index (χ1n) is 16.9. The van der Waals surface area contributed by atoms with Crippen molar-refractivity contribution in [3.05, 3.63) is 153 Å². The summed E-state index contributed by atoms with van der Waals surface area (Å²) in [6.07, 6.45) is 1.97. The molecule has 0 radical (unpaired) electrons. The van der Waals surface area contributed by atoms with Crippen molar-refractivity contribution in [1.82, 2.24) is 10.2 Å². The summed E-state index contributed by atoms with van der Waals surface area (Å²) in [6.45, 7) is 2.31. The Morgan fingerprint density at radius 3 is 2.30 bits per heavy atom. The number of anilines is 2. The van der Waals surface area contributed by atoms with Gasteiger partial charge >= 0.3 is 5.97 Å². The molecule has 0 saturated carbocycles. The van der Waals surface area contributed by atoms with E-state index in [2.05, 4.69) is 16.0 Å². The lowest BCUT2D eigenvalue weighted by atomic mass is 10.0. The Bertz CT molecular complexity index is 2240. The van der Waals surface area contributed by atoms with Crippen LogP contribution in [0.3, 0.4) is 0 Å². The van der Waals surface area contributed by atoms with Crippen LogP contribution in [0.15, 0.2) is 120 Å². The highest BCUT2D eigenvalue weighted by Crippen LogP contribution is 2.41. The molecule has 0 spiro atoms. The number of fused-ring (bicyclic) bond motifs is 1. The van der Waals surface area contributed by atoms with Gasteiger partial charge in [0.1, 0.15) is 15.9 Å². The Hall–Kier alpha value is -5.69. The number of hydrogen-bond acceptors (Lipinski definition) is 8. The predicted molar refractivity (Wildman–Crippen MR) is 213 cm³/mol. The van der Waals surface area contributed by atoms with Gasteiger partial charge in [0.05, 0.1) is 19.2 Å². The summed E-state index contributed by atoms with van der Waals surface area (Å²) in [7, 11) is 1.30. The standard InChI is InChI=1S/C41H35ClN4O6S2/c1-25(47)46-21-20-31-34(24-46)54-40(35(31)41(51)52-2)45-39(50)36(26-12-5-3-6-13-26)53-30-18-11-17-29(23-30)43-38(49)33(22-28-16-9-10-19-32(28)42)44-37(48)27-14-7-4-8-15-27/h3-19,22-23,36H,20-21,24H2,1-2H3,(H,43,49)(H,44,48)(H,45,50)/b33-22+. The van der Waals surface area contributed by atoms with E-state index in [9.17, 15) is 24.0 Å². The average Bonchev–Trinajstić information content (AvgIpc) is 3.54. The molecular formula is C41H35ClN4O6S2. The fraction of sp³-hybridized carbons (Fsp3) is 0.146. The van der Waals surface area contributed by atoms with Crippen LogP contribution in [0.2, 0.25) is 5.02 Å². The van der Waals surface area contributed by atoms with Crippen LogP contribution in [0, 0.1) is 0 Å². The minimum atomic E-state index is -0.767. The molecule has 4 aromatic carbocycles. The number of carbonyl (C=O) groups is 5. The Morgan fingerprint density at radius 1 is 0.889 bits per heavy atom. The number of nitrogens with one attached hydrogen (secondary N) is 3. The second-order valence-corrected chi connectivity index (χ2v) is 14.9. The van der Waals surface area contributed by atoms with Gasteiger partial charge in [-0.2, -0.15) is 0 Å². The molecule has 5 aromatic rings. The number of thiophene rings is 1. The van der Waals surface area contributed by atoms with Crippen LogP contribution in [0.4, 0.5) is 10.7 Å². The molecule has 0 aliphatic carbocycles. The number of hydrogen-bond donors (Lipinski definition) is 3. The number of amides is 4. The Morgan fingerprint density at radius 2 is 1.59 bits per heavy atom. The van der Waals surface area contributed by atoms with Gasteiger partial charge in [-0.1, -0.05) is 84.4 Å². The van der Waals surface area contributed by atoms with Gasteiger partial charge in [-0.25, -0.2) is 4.79 Å². The van der Waals surface area contributed by atoms with E-state index in [0.717, 1.165) is 10.4 Å². The van der Waals surface area contributed by atoms with E-state index in [0.29, 0.717) is 62.4 Å². The molecule has 1 unspecified atom stereocenters. The molecule has 1 aliphatic heterocycles. The van der Waals surface area contributed by atoms with Crippen LogP contribution in [-0.2, 0) is 32.1 Å². The first-order chi connectivity index (χ1) is 26.1. The summed E-state index contributed by atoms with van der Waals surface area (Å²) < 4.78 is 5.10. The van der Waals surface area contributed by atoms with Gasteiger partial charge < -0.3 is 25.6 Å². The number of esters is 1. The molecule has 3 N–H and O–H groups in total. The molecule has 10 nitrogen and oxygen atoms in total. The Balaban J connectivity index is 1.25. The Kier molecular flexibility index (Phi) is 12.3. The molecule has 54 heavy (non-hydrogen) atoms. The molecule has 13 heteroatoms. The number of carbonyl (C=O) groups excluding carboxylic acids is 5. The SMILES string of the molecule is COC(=O)c1c(NC(=O)C(Sc2cccc(NC(=O)/C(=C\c3ccccc3Cl)NC(=O)c3ccccc3)c2)c2ccccc2)sc2c1CCN(C(C)=O)C2. The molecule has 274 valence electrons. The number of benzene rings is 4. The van der Waals surface area contributed by atoms with Crippen molar-refractivity contribution >= 4 is 81.1 Å². The number of halogens is 1. The largest absolute Gasteiger partial charge is 0.465 e. The van der Waals surface area contributed by atoms with E-state index < -0.39 is 23.0 Å². The van der Waals surface area contributed by atoms with E-state index in [4.69, 9.17) is 16.3 Å². The molecule has 1 aromatic heterocycles. The van der Waals surface area contributed by atoms with Gasteiger partial charge in [-0.3, -0.25) is 19.2 Å². The lowest BCUT2D eigenvalue weighted by Gasteiger charge is -2.25. The maximum absolute atomic E-state index is 14.2. The molecule has 0 fully saturated rings. The zero-order valence-corrected chi connectivity index (χ0v) is 31.6. The van der Waals surface area contributed by atoms with Gasteiger partial charge in [-0.15, -0.1) is 23.1 Å². The van der Waals surface area contributed by atoms with Crippen LogP contribution < -0.4 is 16.0 Å². The number of methoxy groups -OCH3 is 1. The van der Waals surface area contributed by atoms with Crippen LogP contribution in [0.5, 0.6) is 0 Å². The van der Waals surface area contributed by atoms with Crippen molar-refractivity contribution in [2.75, 3.05) is 24.3 Å². The van der Waals surface area contributed by atoms with E-state index in [-0.39, 0.29) is 17.5 Å².